The average Bonchev–Trinajstić information content (AvgIpc) is 2.50. The van der Waals surface area contributed by atoms with Crippen molar-refractivity contribution in [1.82, 2.24) is 0 Å². The largest absolute Gasteiger partial charge is 0.206 e. The Hall–Kier alpha value is -1.93. The van der Waals surface area contributed by atoms with Gasteiger partial charge in [-0.1, -0.05) is 54.9 Å². The molecule has 3 rings (SSSR count). The lowest BCUT2D eigenvalue weighted by atomic mass is 9.98. The van der Waals surface area contributed by atoms with Crippen molar-refractivity contribution in [3.8, 4) is 11.1 Å². The molecular formula is C18H13ClF2. The molecule has 0 heterocycles. The van der Waals surface area contributed by atoms with Gasteiger partial charge in [0.25, 0.3) is 0 Å². The fourth-order valence-electron chi connectivity index (χ4n) is 2.45. The third-order valence-corrected chi connectivity index (χ3v) is 3.96. The summed E-state index contributed by atoms with van der Waals surface area (Å²) in [6, 6.07) is 13.5. The van der Waals surface area contributed by atoms with Crippen molar-refractivity contribution in [2.24, 2.45) is 0 Å². The number of fused-ring (bicyclic) bond motifs is 1. The van der Waals surface area contributed by atoms with Crippen LogP contribution in [0.1, 0.15) is 12.5 Å². The van der Waals surface area contributed by atoms with Crippen molar-refractivity contribution in [3.63, 3.8) is 0 Å². The summed E-state index contributed by atoms with van der Waals surface area (Å²) >= 11 is 5.67. The van der Waals surface area contributed by atoms with Crippen molar-refractivity contribution in [1.29, 1.82) is 0 Å². The minimum absolute atomic E-state index is 0.0348. The molecule has 0 aliphatic heterocycles. The minimum atomic E-state index is -0.546. The molecule has 0 spiro atoms. The van der Waals surface area contributed by atoms with E-state index in [2.05, 4.69) is 6.92 Å². The molecule has 0 fully saturated rings. The highest BCUT2D eigenvalue weighted by Crippen LogP contribution is 2.31. The highest BCUT2D eigenvalue weighted by molar-refractivity contribution is 6.30. The number of rotatable bonds is 2. The van der Waals surface area contributed by atoms with Crippen LogP contribution in [0.4, 0.5) is 8.78 Å². The Labute approximate surface area is 127 Å². The monoisotopic (exact) mass is 302 g/mol. The first-order valence-corrected chi connectivity index (χ1v) is 7.14. The zero-order valence-electron chi connectivity index (χ0n) is 11.5. The summed E-state index contributed by atoms with van der Waals surface area (Å²) < 4.78 is 28.2. The van der Waals surface area contributed by atoms with Crippen LogP contribution in [0.5, 0.6) is 0 Å². The number of hydrogen-bond acceptors (Lipinski definition) is 0. The van der Waals surface area contributed by atoms with Gasteiger partial charge in [-0.3, -0.25) is 0 Å². The van der Waals surface area contributed by atoms with Gasteiger partial charge in [-0.05, 0) is 35.1 Å². The lowest BCUT2D eigenvalue weighted by Gasteiger charge is -2.09. The second kappa shape index (κ2) is 5.45. The van der Waals surface area contributed by atoms with Gasteiger partial charge in [0.2, 0.25) is 0 Å². The summed E-state index contributed by atoms with van der Waals surface area (Å²) in [6.07, 6.45) is 0.904. The van der Waals surface area contributed by atoms with Crippen molar-refractivity contribution >= 4 is 22.4 Å². The molecule has 0 saturated carbocycles. The summed E-state index contributed by atoms with van der Waals surface area (Å²) in [5, 5.41) is 1.43. The van der Waals surface area contributed by atoms with Crippen LogP contribution in [0.25, 0.3) is 21.9 Å². The van der Waals surface area contributed by atoms with Crippen LogP contribution in [0.2, 0.25) is 5.02 Å². The molecule has 0 atom stereocenters. The molecule has 106 valence electrons. The van der Waals surface area contributed by atoms with E-state index in [4.69, 9.17) is 11.6 Å². The van der Waals surface area contributed by atoms with E-state index in [1.807, 2.05) is 18.2 Å². The molecule has 0 N–H and O–H groups in total. The summed E-state index contributed by atoms with van der Waals surface area (Å²) in [5.74, 6) is -0.883. The number of hydrogen-bond donors (Lipinski definition) is 0. The van der Waals surface area contributed by atoms with Crippen LogP contribution in [-0.4, -0.2) is 0 Å². The molecule has 0 aromatic heterocycles. The lowest BCUT2D eigenvalue weighted by molar-refractivity contribution is 0.627. The van der Waals surface area contributed by atoms with Crippen LogP contribution in [0.15, 0.2) is 48.5 Å². The van der Waals surface area contributed by atoms with Gasteiger partial charge in [0, 0.05) is 10.9 Å². The molecule has 3 aromatic carbocycles. The van der Waals surface area contributed by atoms with Gasteiger partial charge in [-0.15, -0.1) is 0 Å². The van der Waals surface area contributed by atoms with E-state index in [1.165, 1.54) is 12.1 Å². The highest BCUT2D eigenvalue weighted by Gasteiger charge is 2.11. The zero-order valence-corrected chi connectivity index (χ0v) is 12.2. The predicted octanol–water partition coefficient (Wildman–Crippen LogP) is 6.00. The third-order valence-electron chi connectivity index (χ3n) is 3.66. The van der Waals surface area contributed by atoms with Crippen LogP contribution in [-0.2, 0) is 6.42 Å². The molecule has 21 heavy (non-hydrogen) atoms. The maximum absolute atomic E-state index is 14.7. The maximum Gasteiger partial charge on any atom is 0.142 e. The first-order chi connectivity index (χ1) is 10.1. The molecule has 0 amide bonds. The topological polar surface area (TPSA) is 0 Å². The average molecular weight is 303 g/mol. The maximum atomic E-state index is 14.7. The van der Waals surface area contributed by atoms with Gasteiger partial charge in [0.15, 0.2) is 0 Å². The summed E-state index contributed by atoms with van der Waals surface area (Å²) in [4.78, 5) is 0. The Kier molecular flexibility index (Phi) is 3.64. The van der Waals surface area contributed by atoms with Crippen molar-refractivity contribution < 1.29 is 8.78 Å². The summed E-state index contributed by atoms with van der Waals surface area (Å²) in [5.41, 5.74) is 2.02. The lowest BCUT2D eigenvalue weighted by Crippen LogP contribution is -1.89. The second-order valence-corrected chi connectivity index (χ2v) is 5.37. The standard InChI is InChI=1S/C18H13ClF2/c1-2-11-3-6-14-12(9-11)4-7-15(18(14)21)13-5-8-16(19)17(20)10-13/h3-10H,2H2,1H3. The smallest absolute Gasteiger partial charge is 0.142 e. The Morgan fingerprint density at radius 1 is 0.952 bits per heavy atom. The molecule has 0 bridgehead atoms. The van der Waals surface area contributed by atoms with Gasteiger partial charge in [-0.2, -0.15) is 0 Å². The van der Waals surface area contributed by atoms with Crippen molar-refractivity contribution in [2.75, 3.05) is 0 Å². The van der Waals surface area contributed by atoms with E-state index < -0.39 is 5.82 Å². The summed E-state index contributed by atoms with van der Waals surface area (Å²) in [7, 11) is 0. The quantitative estimate of drug-likeness (QED) is 0.544. The Morgan fingerprint density at radius 3 is 2.48 bits per heavy atom. The summed E-state index contributed by atoms with van der Waals surface area (Å²) in [6.45, 7) is 2.06. The van der Waals surface area contributed by atoms with Gasteiger partial charge < -0.3 is 0 Å². The van der Waals surface area contributed by atoms with Gasteiger partial charge in [-0.25, -0.2) is 8.78 Å². The third kappa shape index (κ3) is 2.52. The van der Waals surface area contributed by atoms with Crippen LogP contribution in [0, 0.1) is 11.6 Å². The number of benzene rings is 3. The molecule has 3 aromatic rings. The molecule has 3 heteroatoms. The van der Waals surface area contributed by atoms with Gasteiger partial charge in [0.05, 0.1) is 5.02 Å². The van der Waals surface area contributed by atoms with E-state index in [-0.39, 0.29) is 10.8 Å². The Morgan fingerprint density at radius 2 is 1.76 bits per heavy atom. The van der Waals surface area contributed by atoms with Crippen LogP contribution < -0.4 is 0 Å². The van der Waals surface area contributed by atoms with Crippen molar-refractivity contribution in [3.05, 3.63) is 70.8 Å². The highest BCUT2D eigenvalue weighted by atomic mass is 35.5. The first-order valence-electron chi connectivity index (χ1n) is 6.76. The molecular weight excluding hydrogens is 290 g/mol. The predicted molar refractivity (Wildman–Crippen MR) is 83.7 cm³/mol. The molecule has 0 radical (unpaired) electrons. The Bertz CT molecular complexity index is 825. The van der Waals surface area contributed by atoms with Crippen LogP contribution >= 0.6 is 11.6 Å². The van der Waals surface area contributed by atoms with Gasteiger partial charge >= 0.3 is 0 Å². The van der Waals surface area contributed by atoms with E-state index in [0.29, 0.717) is 16.5 Å². The minimum Gasteiger partial charge on any atom is -0.206 e. The zero-order chi connectivity index (χ0) is 15.0. The second-order valence-electron chi connectivity index (χ2n) is 4.97. The van der Waals surface area contributed by atoms with E-state index in [0.717, 1.165) is 17.4 Å². The SMILES string of the molecule is CCc1ccc2c(F)c(-c3ccc(Cl)c(F)c3)ccc2c1. The fourth-order valence-corrected chi connectivity index (χ4v) is 2.57. The number of aryl methyl sites for hydroxylation is 1. The first kappa shape index (κ1) is 14.0. The molecule has 0 aliphatic rings. The molecule has 0 unspecified atom stereocenters. The number of halogens is 3. The normalized spacial score (nSPS) is 11.0. The van der Waals surface area contributed by atoms with E-state index >= 15 is 0 Å². The molecule has 0 saturated heterocycles. The molecule has 0 nitrogen and oxygen atoms in total. The van der Waals surface area contributed by atoms with Gasteiger partial charge in [0.1, 0.15) is 11.6 Å². The van der Waals surface area contributed by atoms with E-state index in [1.54, 1.807) is 18.2 Å². The Balaban J connectivity index is 2.19. The fraction of sp³-hybridized carbons (Fsp3) is 0.111. The molecule has 0 aliphatic carbocycles. The van der Waals surface area contributed by atoms with Crippen molar-refractivity contribution in [2.45, 2.75) is 13.3 Å². The van der Waals surface area contributed by atoms with Crippen LogP contribution in [0.3, 0.4) is 0 Å². The van der Waals surface area contributed by atoms with E-state index in [9.17, 15) is 8.78 Å².